The number of rotatable bonds is 7. The molecule has 1 atom stereocenters. The van der Waals surface area contributed by atoms with Crippen LogP contribution < -0.4 is 10.6 Å². The third kappa shape index (κ3) is 4.77. The highest BCUT2D eigenvalue weighted by molar-refractivity contribution is 5.89. The van der Waals surface area contributed by atoms with Crippen LogP contribution in [0.1, 0.15) is 32.0 Å². The number of anilines is 1. The van der Waals surface area contributed by atoms with Crippen molar-refractivity contribution in [1.29, 1.82) is 0 Å². The van der Waals surface area contributed by atoms with Crippen LogP contribution in [0.4, 0.5) is 10.5 Å². The fourth-order valence-corrected chi connectivity index (χ4v) is 3.19. The molecule has 0 bridgehead atoms. The molecule has 146 valence electrons. The number of carbonyl (C=O) groups is 2. The fourth-order valence-electron chi connectivity index (χ4n) is 3.19. The summed E-state index contributed by atoms with van der Waals surface area (Å²) in [5.41, 5.74) is 2.45. The Morgan fingerprint density at radius 1 is 1.41 bits per heavy atom. The van der Waals surface area contributed by atoms with E-state index in [2.05, 4.69) is 15.6 Å². The van der Waals surface area contributed by atoms with Crippen LogP contribution >= 0.6 is 0 Å². The molecule has 0 spiro atoms. The Morgan fingerprint density at radius 3 is 3.00 bits per heavy atom. The number of nitrogens with zero attached hydrogens (tertiary/aromatic N) is 2. The summed E-state index contributed by atoms with van der Waals surface area (Å²) in [6.45, 7) is 3.35. The summed E-state index contributed by atoms with van der Waals surface area (Å²) >= 11 is 0. The fraction of sp³-hybridized carbons (Fsp3) is 0.526. The lowest BCUT2D eigenvalue weighted by Crippen LogP contribution is -2.34. The number of carbonyl (C=O) groups excluding carboxylic acids is 2. The number of fused-ring (bicyclic) bond motifs is 1. The molecule has 8 heteroatoms. The highest BCUT2D eigenvalue weighted by atomic mass is 16.5. The molecule has 27 heavy (non-hydrogen) atoms. The lowest BCUT2D eigenvalue weighted by Gasteiger charge is -2.10. The van der Waals surface area contributed by atoms with Crippen molar-refractivity contribution in [1.82, 2.24) is 14.9 Å². The van der Waals surface area contributed by atoms with Gasteiger partial charge >= 0.3 is 6.09 Å². The summed E-state index contributed by atoms with van der Waals surface area (Å²) in [6.07, 6.45) is 2.53. The van der Waals surface area contributed by atoms with Gasteiger partial charge in [0, 0.05) is 32.3 Å². The van der Waals surface area contributed by atoms with Crippen LogP contribution in [0.25, 0.3) is 11.0 Å². The zero-order valence-corrected chi connectivity index (χ0v) is 15.8. The van der Waals surface area contributed by atoms with Crippen LogP contribution in [0.3, 0.4) is 0 Å². The van der Waals surface area contributed by atoms with Crippen molar-refractivity contribution in [3.8, 4) is 0 Å². The summed E-state index contributed by atoms with van der Waals surface area (Å²) in [5, 5.41) is 5.61. The van der Waals surface area contributed by atoms with Gasteiger partial charge in [0.05, 0.1) is 17.6 Å². The molecular weight excluding hydrogens is 348 g/mol. The Balaban J connectivity index is 1.55. The predicted molar refractivity (Wildman–Crippen MR) is 102 cm³/mol. The summed E-state index contributed by atoms with van der Waals surface area (Å²) < 4.78 is 12.3. The number of nitrogens with one attached hydrogen (secondary N) is 2. The summed E-state index contributed by atoms with van der Waals surface area (Å²) in [5.74, 6) is 0.914. The first-order chi connectivity index (χ1) is 13.1. The Morgan fingerprint density at radius 2 is 2.26 bits per heavy atom. The number of hydrogen-bond donors (Lipinski definition) is 2. The zero-order valence-electron chi connectivity index (χ0n) is 15.8. The van der Waals surface area contributed by atoms with E-state index < -0.39 is 6.09 Å². The molecule has 0 unspecified atom stereocenters. The predicted octanol–water partition coefficient (Wildman–Crippen LogP) is 2.37. The van der Waals surface area contributed by atoms with Gasteiger partial charge in [-0.15, -0.1) is 0 Å². The average molecular weight is 374 g/mol. The summed E-state index contributed by atoms with van der Waals surface area (Å²) in [7, 11) is 1.97. The molecule has 0 aliphatic carbocycles. The second kappa shape index (κ2) is 8.85. The molecular formula is C19H26N4O4. The van der Waals surface area contributed by atoms with Crippen LogP contribution in [0, 0.1) is 0 Å². The van der Waals surface area contributed by atoms with E-state index in [0.29, 0.717) is 25.4 Å². The number of aromatic nitrogens is 2. The van der Waals surface area contributed by atoms with Crippen LogP contribution in [0.5, 0.6) is 0 Å². The summed E-state index contributed by atoms with van der Waals surface area (Å²) in [4.78, 5) is 28.1. The molecule has 2 heterocycles. The number of ether oxygens (including phenoxy) is 2. The third-order valence-electron chi connectivity index (χ3n) is 4.59. The zero-order chi connectivity index (χ0) is 19.2. The second-order valence-corrected chi connectivity index (χ2v) is 6.53. The smallest absolute Gasteiger partial charge is 0.411 e. The molecule has 0 radical (unpaired) electrons. The molecule has 1 aromatic heterocycles. The Bertz CT molecular complexity index is 811. The van der Waals surface area contributed by atoms with E-state index in [1.807, 2.05) is 29.8 Å². The highest BCUT2D eigenvalue weighted by Gasteiger charge is 2.22. The molecule has 1 aromatic carbocycles. The Labute approximate surface area is 158 Å². The van der Waals surface area contributed by atoms with E-state index in [4.69, 9.17) is 9.47 Å². The van der Waals surface area contributed by atoms with Crippen molar-refractivity contribution in [3.63, 3.8) is 0 Å². The number of hydrogen-bond acceptors (Lipinski definition) is 5. The van der Waals surface area contributed by atoms with Crippen molar-refractivity contribution in [2.45, 2.75) is 38.7 Å². The molecule has 1 aliphatic heterocycles. The van der Waals surface area contributed by atoms with Crippen molar-refractivity contribution < 1.29 is 19.1 Å². The van der Waals surface area contributed by atoms with Gasteiger partial charge in [-0.1, -0.05) is 0 Å². The normalized spacial score (nSPS) is 16.4. The first kappa shape index (κ1) is 19.2. The molecule has 1 saturated heterocycles. The van der Waals surface area contributed by atoms with Gasteiger partial charge < -0.3 is 19.4 Å². The van der Waals surface area contributed by atoms with Gasteiger partial charge in [0.15, 0.2) is 0 Å². The van der Waals surface area contributed by atoms with Crippen molar-refractivity contribution >= 4 is 28.7 Å². The maximum Gasteiger partial charge on any atom is 0.411 e. The number of imidazole rings is 1. The van der Waals surface area contributed by atoms with Gasteiger partial charge in [-0.25, -0.2) is 9.78 Å². The van der Waals surface area contributed by atoms with Gasteiger partial charge in [-0.3, -0.25) is 10.1 Å². The third-order valence-corrected chi connectivity index (χ3v) is 4.59. The van der Waals surface area contributed by atoms with E-state index in [-0.39, 0.29) is 12.0 Å². The summed E-state index contributed by atoms with van der Waals surface area (Å²) in [6, 6.07) is 5.58. The Kier molecular flexibility index (Phi) is 6.28. The minimum Gasteiger partial charge on any atom is -0.450 e. The lowest BCUT2D eigenvalue weighted by molar-refractivity contribution is -0.130. The number of amides is 2. The Hall–Kier alpha value is -2.61. The van der Waals surface area contributed by atoms with Gasteiger partial charge in [0.1, 0.15) is 11.9 Å². The van der Waals surface area contributed by atoms with Crippen LogP contribution in [-0.2, 0) is 27.7 Å². The second-order valence-electron chi connectivity index (χ2n) is 6.53. The quantitative estimate of drug-likeness (QED) is 0.726. The van der Waals surface area contributed by atoms with Crippen LogP contribution in [0.2, 0.25) is 0 Å². The average Bonchev–Trinajstić information content (AvgIpc) is 3.28. The van der Waals surface area contributed by atoms with Crippen molar-refractivity contribution in [3.05, 3.63) is 24.0 Å². The van der Waals surface area contributed by atoms with E-state index in [1.165, 1.54) is 0 Å². The van der Waals surface area contributed by atoms with Crippen LogP contribution in [0.15, 0.2) is 18.2 Å². The maximum absolute atomic E-state index is 11.9. The molecule has 2 amide bonds. The lowest BCUT2D eigenvalue weighted by atomic mass is 10.2. The maximum atomic E-state index is 11.9. The van der Waals surface area contributed by atoms with E-state index >= 15 is 0 Å². The van der Waals surface area contributed by atoms with E-state index in [0.717, 1.165) is 42.5 Å². The van der Waals surface area contributed by atoms with Gasteiger partial charge in [-0.2, -0.15) is 0 Å². The largest absolute Gasteiger partial charge is 0.450 e. The number of aryl methyl sites for hydroxylation is 2. The van der Waals surface area contributed by atoms with Gasteiger partial charge in [-0.05, 0) is 44.4 Å². The van der Waals surface area contributed by atoms with Gasteiger partial charge in [0.25, 0.3) is 0 Å². The molecule has 2 N–H and O–H groups in total. The molecule has 2 aromatic rings. The minimum absolute atomic E-state index is 0.0211. The van der Waals surface area contributed by atoms with E-state index in [1.54, 1.807) is 6.92 Å². The highest BCUT2D eigenvalue weighted by Crippen LogP contribution is 2.20. The van der Waals surface area contributed by atoms with Crippen LogP contribution in [-0.4, -0.2) is 47.4 Å². The monoisotopic (exact) mass is 374 g/mol. The molecule has 0 saturated carbocycles. The van der Waals surface area contributed by atoms with Crippen molar-refractivity contribution in [2.75, 3.05) is 25.1 Å². The minimum atomic E-state index is -0.477. The number of benzene rings is 1. The van der Waals surface area contributed by atoms with Gasteiger partial charge in [0.2, 0.25) is 5.91 Å². The first-order valence-corrected chi connectivity index (χ1v) is 9.37. The molecule has 8 nitrogen and oxygen atoms in total. The topological polar surface area (TPSA) is 94.5 Å². The molecule has 1 fully saturated rings. The molecule has 3 rings (SSSR count). The van der Waals surface area contributed by atoms with E-state index in [9.17, 15) is 9.59 Å². The first-order valence-electron chi connectivity index (χ1n) is 9.37. The molecule has 1 aliphatic rings. The van der Waals surface area contributed by atoms with Crippen molar-refractivity contribution in [2.24, 2.45) is 7.05 Å². The SMILES string of the molecule is CCOC(=O)Nc1ccc2c(c1)nc(CCCNC(=O)[C@H]1CCCO1)n2C. The standard InChI is InChI=1S/C19H26N4O4/c1-3-26-19(25)21-13-8-9-15-14(12-13)22-17(23(15)2)7-4-10-20-18(24)16-6-5-11-27-16/h8-9,12,16H,3-7,10-11H2,1-2H3,(H,20,24)(H,21,25)/t16-/m1/s1.